The van der Waals surface area contributed by atoms with Crippen LogP contribution in [0.5, 0.6) is 0 Å². The maximum atomic E-state index is 12.5. The molecule has 0 radical (unpaired) electrons. The Balaban J connectivity index is 1.94. The Bertz CT molecular complexity index is 793. The highest BCUT2D eigenvalue weighted by atomic mass is 16.5. The van der Waals surface area contributed by atoms with Crippen molar-refractivity contribution in [2.75, 3.05) is 6.61 Å². The summed E-state index contributed by atoms with van der Waals surface area (Å²) in [6, 6.07) is 17.5. The average molecular weight is 415 g/mol. The second-order valence-electron chi connectivity index (χ2n) is 7.43. The molecule has 162 valence electrons. The fourth-order valence-corrected chi connectivity index (χ4v) is 3.26. The number of hydrogen-bond acceptors (Lipinski definition) is 5. The molecule has 3 atom stereocenters. The molecular weight excluding hydrogens is 384 g/mol. The third kappa shape index (κ3) is 7.26. The van der Waals surface area contributed by atoms with Gasteiger partial charge < -0.3 is 15.5 Å². The molecule has 0 aliphatic rings. The zero-order valence-electron chi connectivity index (χ0n) is 17.1. The van der Waals surface area contributed by atoms with Crippen LogP contribution in [0.2, 0.25) is 0 Å². The molecule has 7 heteroatoms. The molecule has 0 saturated carbocycles. The molecule has 0 spiro atoms. The lowest BCUT2D eigenvalue weighted by molar-refractivity contribution is -0.135. The Morgan fingerprint density at radius 1 is 1.00 bits per heavy atom. The molecule has 0 aliphatic carbocycles. The number of benzene rings is 2. The molecule has 30 heavy (non-hydrogen) atoms. The van der Waals surface area contributed by atoms with Crippen LogP contribution in [0.25, 0.3) is 11.1 Å². The van der Waals surface area contributed by atoms with Gasteiger partial charge in [-0.1, -0.05) is 54.6 Å². The molecule has 0 fully saturated rings. The van der Waals surface area contributed by atoms with E-state index in [4.69, 9.17) is 5.21 Å². The van der Waals surface area contributed by atoms with E-state index in [-0.39, 0.29) is 6.42 Å². The molecular formula is C23H30N2O5. The van der Waals surface area contributed by atoms with Crippen LogP contribution in [0.4, 0.5) is 0 Å². The molecule has 7 nitrogen and oxygen atoms in total. The number of hydrogen-bond donors (Lipinski definition) is 5. The van der Waals surface area contributed by atoms with Gasteiger partial charge in [0.05, 0.1) is 18.8 Å². The molecule has 2 aromatic rings. The standard InChI is InChI=1S/C23H30N2O5/c1-16(27)21(15-26)24-23(29)20(14-22(28)25-30)9-5-6-17-10-12-19(13-11-17)18-7-3-2-4-8-18/h2-4,7-8,10-13,16,20-21,26-27,30H,5-6,9,14-15H2,1H3,(H,24,29)(H,25,28). The van der Waals surface area contributed by atoms with Gasteiger partial charge in [0.1, 0.15) is 0 Å². The highest BCUT2D eigenvalue weighted by molar-refractivity contribution is 5.85. The van der Waals surface area contributed by atoms with Crippen molar-refractivity contribution < 1.29 is 25.0 Å². The molecule has 3 unspecified atom stereocenters. The lowest BCUT2D eigenvalue weighted by atomic mass is 9.94. The maximum Gasteiger partial charge on any atom is 0.244 e. The SMILES string of the molecule is CC(O)C(CO)NC(=O)C(CCCc1ccc(-c2ccccc2)cc1)CC(=O)NO. The predicted molar refractivity (Wildman–Crippen MR) is 114 cm³/mol. The first kappa shape index (κ1) is 23.5. The van der Waals surface area contributed by atoms with Gasteiger partial charge in [0.25, 0.3) is 0 Å². The third-order valence-corrected chi connectivity index (χ3v) is 5.11. The van der Waals surface area contributed by atoms with Crippen molar-refractivity contribution in [1.82, 2.24) is 10.8 Å². The van der Waals surface area contributed by atoms with Crippen molar-refractivity contribution in [1.29, 1.82) is 0 Å². The Morgan fingerprint density at radius 3 is 2.20 bits per heavy atom. The molecule has 0 saturated heterocycles. The first-order valence-electron chi connectivity index (χ1n) is 10.1. The second-order valence-corrected chi connectivity index (χ2v) is 7.43. The van der Waals surface area contributed by atoms with Crippen LogP contribution in [-0.4, -0.2) is 46.0 Å². The Kier molecular flexibility index (Phi) is 9.47. The van der Waals surface area contributed by atoms with Gasteiger partial charge in [-0.15, -0.1) is 0 Å². The van der Waals surface area contributed by atoms with E-state index in [1.807, 2.05) is 30.3 Å². The minimum Gasteiger partial charge on any atom is -0.394 e. The van der Waals surface area contributed by atoms with Crippen LogP contribution >= 0.6 is 0 Å². The number of aliphatic hydroxyl groups is 2. The Morgan fingerprint density at radius 2 is 1.63 bits per heavy atom. The summed E-state index contributed by atoms with van der Waals surface area (Å²) < 4.78 is 0. The van der Waals surface area contributed by atoms with Gasteiger partial charge in [0, 0.05) is 12.3 Å². The molecule has 0 bridgehead atoms. The van der Waals surface area contributed by atoms with Crippen LogP contribution in [0, 0.1) is 5.92 Å². The number of carbonyl (C=O) groups excluding carboxylic acids is 2. The predicted octanol–water partition coefficient (Wildman–Crippen LogP) is 2.05. The molecule has 0 aromatic heterocycles. The molecule has 2 rings (SSSR count). The topological polar surface area (TPSA) is 119 Å². The van der Waals surface area contributed by atoms with E-state index >= 15 is 0 Å². The van der Waals surface area contributed by atoms with E-state index in [2.05, 4.69) is 29.6 Å². The molecule has 0 aliphatic heterocycles. The highest BCUT2D eigenvalue weighted by Gasteiger charge is 2.25. The fourth-order valence-electron chi connectivity index (χ4n) is 3.26. The second kappa shape index (κ2) is 12.1. The smallest absolute Gasteiger partial charge is 0.244 e. The van der Waals surface area contributed by atoms with Crippen molar-refractivity contribution in [3.63, 3.8) is 0 Å². The van der Waals surface area contributed by atoms with Crippen molar-refractivity contribution >= 4 is 11.8 Å². The minimum absolute atomic E-state index is 0.173. The number of aryl methyl sites for hydroxylation is 1. The molecule has 0 heterocycles. The van der Waals surface area contributed by atoms with Crippen molar-refractivity contribution in [3.05, 3.63) is 60.2 Å². The van der Waals surface area contributed by atoms with E-state index in [0.717, 1.165) is 23.1 Å². The number of aliphatic hydroxyl groups excluding tert-OH is 2. The minimum atomic E-state index is -0.922. The zero-order chi connectivity index (χ0) is 21.9. The lowest BCUT2D eigenvalue weighted by Gasteiger charge is -2.23. The summed E-state index contributed by atoms with van der Waals surface area (Å²) in [7, 11) is 0. The van der Waals surface area contributed by atoms with E-state index in [0.29, 0.717) is 12.8 Å². The number of rotatable bonds is 11. The van der Waals surface area contributed by atoms with Crippen LogP contribution in [-0.2, 0) is 16.0 Å². The maximum absolute atomic E-state index is 12.5. The lowest BCUT2D eigenvalue weighted by Crippen LogP contribution is -2.47. The Labute approximate surface area is 176 Å². The van der Waals surface area contributed by atoms with Gasteiger partial charge in [-0.25, -0.2) is 5.48 Å². The van der Waals surface area contributed by atoms with Crippen LogP contribution in [0.1, 0.15) is 31.7 Å². The van der Waals surface area contributed by atoms with Gasteiger partial charge >= 0.3 is 0 Å². The number of carbonyl (C=O) groups is 2. The van der Waals surface area contributed by atoms with E-state index < -0.39 is 36.5 Å². The van der Waals surface area contributed by atoms with Crippen LogP contribution < -0.4 is 10.8 Å². The number of amides is 2. The fraction of sp³-hybridized carbons (Fsp3) is 0.391. The molecule has 2 amide bonds. The van der Waals surface area contributed by atoms with Crippen LogP contribution in [0.3, 0.4) is 0 Å². The Hall–Kier alpha value is -2.74. The summed E-state index contributed by atoms with van der Waals surface area (Å²) in [5.41, 5.74) is 4.95. The molecule has 2 aromatic carbocycles. The normalized spacial score (nSPS) is 13.9. The van der Waals surface area contributed by atoms with Gasteiger partial charge in [-0.2, -0.15) is 0 Å². The zero-order valence-corrected chi connectivity index (χ0v) is 17.1. The summed E-state index contributed by atoms with van der Waals surface area (Å²) in [5.74, 6) is -1.76. The van der Waals surface area contributed by atoms with E-state index in [9.17, 15) is 19.8 Å². The quantitative estimate of drug-likeness (QED) is 0.285. The summed E-state index contributed by atoms with van der Waals surface area (Å²) in [5, 5.41) is 30.3. The van der Waals surface area contributed by atoms with Crippen LogP contribution in [0.15, 0.2) is 54.6 Å². The van der Waals surface area contributed by atoms with Crippen molar-refractivity contribution in [3.8, 4) is 11.1 Å². The largest absolute Gasteiger partial charge is 0.394 e. The number of nitrogens with one attached hydrogen (secondary N) is 2. The third-order valence-electron chi connectivity index (χ3n) is 5.11. The van der Waals surface area contributed by atoms with E-state index in [1.54, 1.807) is 5.48 Å². The van der Waals surface area contributed by atoms with Crippen molar-refractivity contribution in [2.45, 2.75) is 44.8 Å². The van der Waals surface area contributed by atoms with E-state index in [1.165, 1.54) is 6.92 Å². The first-order valence-corrected chi connectivity index (χ1v) is 10.1. The molecule has 5 N–H and O–H groups in total. The van der Waals surface area contributed by atoms with Gasteiger partial charge in [0.2, 0.25) is 11.8 Å². The highest BCUT2D eigenvalue weighted by Crippen LogP contribution is 2.21. The summed E-state index contributed by atoms with van der Waals surface area (Å²) in [4.78, 5) is 24.1. The first-order chi connectivity index (χ1) is 14.4. The van der Waals surface area contributed by atoms with Gasteiger partial charge in [-0.3, -0.25) is 14.8 Å². The average Bonchev–Trinajstić information content (AvgIpc) is 2.77. The summed E-state index contributed by atoms with van der Waals surface area (Å²) in [6.07, 6.45) is 0.735. The summed E-state index contributed by atoms with van der Waals surface area (Å²) >= 11 is 0. The summed E-state index contributed by atoms with van der Waals surface area (Å²) in [6.45, 7) is 1.06. The monoisotopic (exact) mass is 414 g/mol. The van der Waals surface area contributed by atoms with Gasteiger partial charge in [0.15, 0.2) is 0 Å². The van der Waals surface area contributed by atoms with Crippen molar-refractivity contribution in [2.24, 2.45) is 5.92 Å². The van der Waals surface area contributed by atoms with Gasteiger partial charge in [-0.05, 0) is 42.9 Å². The number of hydroxylamine groups is 1.